The summed E-state index contributed by atoms with van der Waals surface area (Å²) in [6, 6.07) is 3.91. The van der Waals surface area contributed by atoms with Crippen LogP contribution in [0.15, 0.2) is 18.2 Å². The zero-order valence-electron chi connectivity index (χ0n) is 12.1. The topological polar surface area (TPSA) is 84.9 Å². The van der Waals surface area contributed by atoms with Crippen molar-refractivity contribution < 1.29 is 24.2 Å². The first-order valence-corrected chi connectivity index (χ1v) is 6.96. The average molecular weight is 293 g/mol. The molecule has 21 heavy (non-hydrogen) atoms. The van der Waals surface area contributed by atoms with E-state index < -0.39 is 17.9 Å². The molecule has 114 valence electrons. The zero-order chi connectivity index (χ0) is 15.4. The molecule has 6 heteroatoms. The lowest BCUT2D eigenvalue weighted by Gasteiger charge is -2.21. The summed E-state index contributed by atoms with van der Waals surface area (Å²) in [5.74, 6) is -0.516. The molecule has 0 spiro atoms. The molecular weight excluding hydrogens is 274 g/mol. The summed E-state index contributed by atoms with van der Waals surface area (Å²) in [7, 11) is 0. The smallest absolute Gasteiger partial charge is 0.326 e. The minimum absolute atomic E-state index is 0.149. The number of fused-ring (bicyclic) bond motifs is 1. The highest BCUT2D eigenvalue weighted by atomic mass is 16.6. The van der Waals surface area contributed by atoms with Crippen LogP contribution >= 0.6 is 0 Å². The van der Waals surface area contributed by atoms with Gasteiger partial charge in [0, 0.05) is 5.56 Å². The summed E-state index contributed by atoms with van der Waals surface area (Å²) in [4.78, 5) is 23.4. The Balaban J connectivity index is 2.14. The Morgan fingerprint density at radius 3 is 2.57 bits per heavy atom. The van der Waals surface area contributed by atoms with Gasteiger partial charge in [-0.05, 0) is 24.1 Å². The number of ether oxygens (including phenoxy) is 2. The minimum atomic E-state index is -1.03. The van der Waals surface area contributed by atoms with Gasteiger partial charge in [-0.25, -0.2) is 4.79 Å². The fourth-order valence-electron chi connectivity index (χ4n) is 2.09. The van der Waals surface area contributed by atoms with Crippen LogP contribution in [0.2, 0.25) is 0 Å². The largest absolute Gasteiger partial charge is 0.486 e. The van der Waals surface area contributed by atoms with Crippen molar-refractivity contribution in [1.82, 2.24) is 5.32 Å². The first kappa shape index (κ1) is 15.2. The van der Waals surface area contributed by atoms with Crippen molar-refractivity contribution in [2.75, 3.05) is 13.2 Å². The normalized spacial score (nSPS) is 15.9. The summed E-state index contributed by atoms with van der Waals surface area (Å²) >= 11 is 0. The Bertz CT molecular complexity index is 543. The lowest BCUT2D eigenvalue weighted by Crippen LogP contribution is -2.45. The van der Waals surface area contributed by atoms with Gasteiger partial charge < -0.3 is 19.9 Å². The Hall–Kier alpha value is -2.24. The van der Waals surface area contributed by atoms with Crippen molar-refractivity contribution in [2.45, 2.75) is 26.3 Å². The fourth-order valence-corrected chi connectivity index (χ4v) is 2.09. The van der Waals surface area contributed by atoms with E-state index in [1.807, 2.05) is 6.92 Å². The molecule has 0 bridgehead atoms. The zero-order valence-corrected chi connectivity index (χ0v) is 12.1. The second-order valence-corrected chi connectivity index (χ2v) is 5.03. The molecule has 6 nitrogen and oxygen atoms in total. The molecule has 0 fully saturated rings. The summed E-state index contributed by atoms with van der Waals surface area (Å²) in [6.07, 6.45) is 0.665. The van der Waals surface area contributed by atoms with E-state index in [1.165, 1.54) is 0 Å². The van der Waals surface area contributed by atoms with Gasteiger partial charge in [0.05, 0.1) is 0 Å². The van der Waals surface area contributed by atoms with E-state index in [4.69, 9.17) is 9.47 Å². The number of carbonyl (C=O) groups excluding carboxylic acids is 1. The van der Waals surface area contributed by atoms with Crippen LogP contribution in [0, 0.1) is 5.92 Å². The van der Waals surface area contributed by atoms with E-state index in [0.717, 1.165) is 0 Å². The molecule has 1 aliphatic heterocycles. The molecule has 1 unspecified atom stereocenters. The maximum Gasteiger partial charge on any atom is 0.326 e. The van der Waals surface area contributed by atoms with Crippen LogP contribution in [-0.4, -0.2) is 36.2 Å². The minimum Gasteiger partial charge on any atom is -0.486 e. The van der Waals surface area contributed by atoms with Gasteiger partial charge in [-0.1, -0.05) is 20.3 Å². The highest BCUT2D eigenvalue weighted by molar-refractivity contribution is 5.97. The SMILES string of the molecule is CCC(C)[C@H](NC(=O)c1ccc2c(c1)OCCO2)C(=O)O. The average Bonchev–Trinajstić information content (AvgIpc) is 2.50. The predicted octanol–water partition coefficient (Wildman–Crippen LogP) is 1.69. The molecule has 2 N–H and O–H groups in total. The number of nitrogens with one attached hydrogen (secondary N) is 1. The summed E-state index contributed by atoms with van der Waals surface area (Å²) < 4.78 is 10.8. The molecule has 0 aliphatic carbocycles. The molecular formula is C15H19NO5. The van der Waals surface area contributed by atoms with Gasteiger partial charge in [0.25, 0.3) is 5.91 Å². The van der Waals surface area contributed by atoms with E-state index in [0.29, 0.717) is 36.7 Å². The number of amides is 1. The standard InChI is InChI=1S/C15H19NO5/c1-3-9(2)13(15(18)19)16-14(17)10-4-5-11-12(8-10)21-7-6-20-11/h4-5,8-9,13H,3,6-7H2,1-2H3,(H,16,17)(H,18,19)/t9?,13-/m0/s1. The predicted molar refractivity (Wildman–Crippen MR) is 75.8 cm³/mol. The first-order valence-electron chi connectivity index (χ1n) is 6.96. The van der Waals surface area contributed by atoms with Crippen LogP contribution in [-0.2, 0) is 4.79 Å². The van der Waals surface area contributed by atoms with Crippen molar-refractivity contribution in [1.29, 1.82) is 0 Å². The Morgan fingerprint density at radius 1 is 1.29 bits per heavy atom. The van der Waals surface area contributed by atoms with Crippen LogP contribution in [0.25, 0.3) is 0 Å². The third-order valence-corrected chi connectivity index (χ3v) is 3.57. The molecule has 1 aromatic carbocycles. The molecule has 2 rings (SSSR count). The number of hydrogen-bond acceptors (Lipinski definition) is 4. The third kappa shape index (κ3) is 3.45. The lowest BCUT2D eigenvalue weighted by atomic mass is 9.99. The maximum atomic E-state index is 12.2. The molecule has 1 aromatic rings. The number of hydrogen-bond donors (Lipinski definition) is 2. The lowest BCUT2D eigenvalue weighted by molar-refractivity contribution is -0.140. The first-order chi connectivity index (χ1) is 10.0. The summed E-state index contributed by atoms with van der Waals surface area (Å²) in [5.41, 5.74) is 0.355. The molecule has 0 radical (unpaired) electrons. The Morgan fingerprint density at radius 2 is 1.95 bits per heavy atom. The van der Waals surface area contributed by atoms with Gasteiger partial charge >= 0.3 is 5.97 Å². The second kappa shape index (κ2) is 6.47. The van der Waals surface area contributed by atoms with Crippen molar-refractivity contribution in [3.8, 4) is 11.5 Å². The summed E-state index contributed by atoms with van der Waals surface area (Å²) in [5, 5.41) is 11.8. The molecule has 1 heterocycles. The van der Waals surface area contributed by atoms with Crippen LogP contribution in [0.1, 0.15) is 30.6 Å². The molecule has 1 amide bonds. The van der Waals surface area contributed by atoms with Crippen molar-refractivity contribution in [3.05, 3.63) is 23.8 Å². The van der Waals surface area contributed by atoms with Crippen LogP contribution in [0.4, 0.5) is 0 Å². The molecule has 2 atom stereocenters. The number of benzene rings is 1. The number of carbonyl (C=O) groups is 2. The maximum absolute atomic E-state index is 12.2. The Kier molecular flexibility index (Phi) is 4.67. The van der Waals surface area contributed by atoms with E-state index in [-0.39, 0.29) is 5.92 Å². The van der Waals surface area contributed by atoms with Gasteiger partial charge in [0.15, 0.2) is 11.5 Å². The molecule has 0 saturated heterocycles. The van der Waals surface area contributed by atoms with Gasteiger partial charge in [-0.3, -0.25) is 4.79 Å². The third-order valence-electron chi connectivity index (χ3n) is 3.57. The van der Waals surface area contributed by atoms with Crippen molar-refractivity contribution >= 4 is 11.9 Å². The van der Waals surface area contributed by atoms with E-state index >= 15 is 0 Å². The van der Waals surface area contributed by atoms with Crippen molar-refractivity contribution in [2.24, 2.45) is 5.92 Å². The number of carboxylic acid groups (broad SMARTS) is 1. The van der Waals surface area contributed by atoms with Gasteiger partial charge in [-0.15, -0.1) is 0 Å². The molecule has 0 aromatic heterocycles. The number of aliphatic carboxylic acids is 1. The molecule has 1 aliphatic rings. The quantitative estimate of drug-likeness (QED) is 0.863. The van der Waals surface area contributed by atoms with Crippen LogP contribution < -0.4 is 14.8 Å². The number of rotatable bonds is 5. The Labute approximate surface area is 123 Å². The number of carboxylic acids is 1. The van der Waals surface area contributed by atoms with Crippen molar-refractivity contribution in [3.63, 3.8) is 0 Å². The van der Waals surface area contributed by atoms with Gasteiger partial charge in [0.2, 0.25) is 0 Å². The van der Waals surface area contributed by atoms with E-state index in [2.05, 4.69) is 5.32 Å². The monoisotopic (exact) mass is 293 g/mol. The highest BCUT2D eigenvalue weighted by Crippen LogP contribution is 2.30. The van der Waals surface area contributed by atoms with Gasteiger partial charge in [-0.2, -0.15) is 0 Å². The second-order valence-electron chi connectivity index (χ2n) is 5.03. The van der Waals surface area contributed by atoms with E-state index in [9.17, 15) is 14.7 Å². The fraction of sp³-hybridized carbons (Fsp3) is 0.467. The van der Waals surface area contributed by atoms with Gasteiger partial charge in [0.1, 0.15) is 19.3 Å². The summed E-state index contributed by atoms with van der Waals surface area (Å²) in [6.45, 7) is 4.59. The van der Waals surface area contributed by atoms with E-state index in [1.54, 1.807) is 25.1 Å². The highest BCUT2D eigenvalue weighted by Gasteiger charge is 2.26. The molecule has 0 saturated carbocycles. The van der Waals surface area contributed by atoms with Crippen LogP contribution in [0.5, 0.6) is 11.5 Å². The van der Waals surface area contributed by atoms with Crippen LogP contribution in [0.3, 0.4) is 0 Å².